The molecular weight excluding hydrogens is 456 g/mol. The molecule has 0 saturated heterocycles. The number of unbranched alkanes of at least 4 members (excludes halogenated alkanes) is 2. The van der Waals surface area contributed by atoms with Crippen molar-refractivity contribution in [2.45, 2.75) is 52.4 Å². The molecule has 0 aliphatic carbocycles. The van der Waals surface area contributed by atoms with Crippen molar-refractivity contribution < 1.29 is 9.47 Å². The average molecular weight is 495 g/mol. The van der Waals surface area contributed by atoms with Gasteiger partial charge in [-0.1, -0.05) is 63.1 Å². The van der Waals surface area contributed by atoms with Gasteiger partial charge in [-0.15, -0.1) is 22.7 Å². The molecule has 0 unspecified atom stereocenters. The van der Waals surface area contributed by atoms with Crippen LogP contribution in [0.5, 0.6) is 0 Å². The average Bonchev–Trinajstić information content (AvgIpc) is 3.51. The highest BCUT2D eigenvalue weighted by Crippen LogP contribution is 2.22. The number of rotatable bonds is 16. The Balaban J connectivity index is 1.50. The zero-order valence-corrected chi connectivity index (χ0v) is 22.3. The fourth-order valence-corrected chi connectivity index (χ4v) is 5.22. The molecule has 0 bridgehead atoms. The monoisotopic (exact) mass is 494 g/mol. The summed E-state index contributed by atoms with van der Waals surface area (Å²) in [6, 6.07) is 13.2. The molecular formula is C30H38O2S2. The Morgan fingerprint density at radius 1 is 0.588 bits per heavy atom. The second kappa shape index (κ2) is 15.8. The van der Waals surface area contributed by atoms with Crippen LogP contribution in [-0.4, -0.2) is 26.4 Å². The van der Waals surface area contributed by atoms with Gasteiger partial charge in [0.1, 0.15) is 0 Å². The Kier molecular flexibility index (Phi) is 12.4. The van der Waals surface area contributed by atoms with Crippen LogP contribution >= 0.6 is 22.7 Å². The standard InChI is InChI=1S/C30H38O2S2/c1-3-5-19-31-21-15-27-17-23-33-29(27)13-11-25-7-9-26(10-8-25)12-14-30-28(18-24-34-30)16-22-32-20-6-4-2/h7-14,17-18,23-24H,3-6,15-16,19-22H2,1-2H3/b13-11+,14-12+. The van der Waals surface area contributed by atoms with Crippen molar-refractivity contribution in [1.82, 2.24) is 0 Å². The summed E-state index contributed by atoms with van der Waals surface area (Å²) in [6.07, 6.45) is 15.5. The third kappa shape index (κ3) is 9.34. The molecule has 3 rings (SSSR count). The fraction of sp³-hybridized carbons (Fsp3) is 0.400. The molecule has 4 heteroatoms. The number of hydrogen-bond acceptors (Lipinski definition) is 4. The van der Waals surface area contributed by atoms with Gasteiger partial charge in [0.2, 0.25) is 0 Å². The molecule has 0 spiro atoms. The normalized spacial score (nSPS) is 11.8. The van der Waals surface area contributed by atoms with Gasteiger partial charge in [0, 0.05) is 23.0 Å². The predicted octanol–water partition coefficient (Wildman–Crippen LogP) is 8.87. The van der Waals surface area contributed by atoms with Gasteiger partial charge in [-0.2, -0.15) is 0 Å². The first-order valence-corrected chi connectivity index (χ1v) is 14.3. The van der Waals surface area contributed by atoms with Crippen molar-refractivity contribution in [1.29, 1.82) is 0 Å². The largest absolute Gasteiger partial charge is 0.381 e. The van der Waals surface area contributed by atoms with E-state index in [4.69, 9.17) is 9.47 Å². The van der Waals surface area contributed by atoms with E-state index in [9.17, 15) is 0 Å². The SMILES string of the molecule is CCCCOCCc1ccsc1/C=C/c1ccc(/C=C/c2sccc2CCOCCCC)cc1. The Hall–Kier alpha value is -1.98. The second-order valence-corrected chi connectivity index (χ2v) is 10.3. The Labute approximate surface area is 214 Å². The molecule has 0 radical (unpaired) electrons. The molecule has 34 heavy (non-hydrogen) atoms. The maximum atomic E-state index is 5.74. The lowest BCUT2D eigenvalue weighted by Gasteiger charge is -2.03. The van der Waals surface area contributed by atoms with Crippen LogP contribution in [0.3, 0.4) is 0 Å². The van der Waals surface area contributed by atoms with E-state index < -0.39 is 0 Å². The number of benzene rings is 1. The topological polar surface area (TPSA) is 18.5 Å². The van der Waals surface area contributed by atoms with Crippen molar-refractivity contribution in [3.8, 4) is 0 Å². The molecule has 0 atom stereocenters. The van der Waals surface area contributed by atoms with Crippen molar-refractivity contribution in [2.75, 3.05) is 26.4 Å². The van der Waals surface area contributed by atoms with Crippen LogP contribution in [0.1, 0.15) is 71.5 Å². The van der Waals surface area contributed by atoms with Crippen molar-refractivity contribution in [3.63, 3.8) is 0 Å². The quantitative estimate of drug-likeness (QED) is 0.185. The number of hydrogen-bond donors (Lipinski definition) is 0. The predicted molar refractivity (Wildman–Crippen MR) is 152 cm³/mol. The first-order chi connectivity index (χ1) is 16.8. The summed E-state index contributed by atoms with van der Waals surface area (Å²) in [5.41, 5.74) is 5.19. The molecule has 2 aromatic heterocycles. The summed E-state index contributed by atoms with van der Waals surface area (Å²) < 4.78 is 11.5. The summed E-state index contributed by atoms with van der Waals surface area (Å²) in [4.78, 5) is 2.65. The van der Waals surface area contributed by atoms with E-state index in [0.29, 0.717) is 0 Å². The highest BCUT2D eigenvalue weighted by Gasteiger charge is 2.03. The number of thiophene rings is 2. The third-order valence-corrected chi connectivity index (χ3v) is 7.52. The van der Waals surface area contributed by atoms with Crippen LogP contribution in [0, 0.1) is 0 Å². The Morgan fingerprint density at radius 3 is 1.44 bits per heavy atom. The maximum Gasteiger partial charge on any atom is 0.0506 e. The van der Waals surface area contributed by atoms with Crippen molar-refractivity contribution in [2.24, 2.45) is 0 Å². The molecule has 182 valence electrons. The van der Waals surface area contributed by atoms with E-state index in [0.717, 1.165) is 52.1 Å². The van der Waals surface area contributed by atoms with Gasteiger partial charge in [-0.25, -0.2) is 0 Å². The molecule has 2 heterocycles. The van der Waals surface area contributed by atoms with Gasteiger partial charge in [-0.05, 0) is 83.0 Å². The van der Waals surface area contributed by atoms with Crippen LogP contribution in [0.2, 0.25) is 0 Å². The van der Waals surface area contributed by atoms with E-state index in [2.05, 4.69) is 85.3 Å². The molecule has 0 aliphatic rings. The van der Waals surface area contributed by atoms with E-state index in [1.54, 1.807) is 22.7 Å². The van der Waals surface area contributed by atoms with Gasteiger partial charge in [-0.3, -0.25) is 0 Å². The van der Waals surface area contributed by atoms with Gasteiger partial charge in [0.15, 0.2) is 0 Å². The minimum Gasteiger partial charge on any atom is -0.381 e. The molecule has 1 aromatic carbocycles. The second-order valence-electron chi connectivity index (χ2n) is 8.39. The van der Waals surface area contributed by atoms with E-state index >= 15 is 0 Å². The molecule has 3 aromatic rings. The maximum absolute atomic E-state index is 5.74. The highest BCUT2D eigenvalue weighted by atomic mass is 32.1. The number of ether oxygens (including phenoxy) is 2. The van der Waals surface area contributed by atoms with Crippen molar-refractivity contribution >= 4 is 47.0 Å². The zero-order valence-electron chi connectivity index (χ0n) is 20.6. The van der Waals surface area contributed by atoms with E-state index in [1.165, 1.54) is 44.8 Å². The molecule has 0 N–H and O–H groups in total. The van der Waals surface area contributed by atoms with Gasteiger partial charge >= 0.3 is 0 Å². The van der Waals surface area contributed by atoms with Gasteiger partial charge in [0.25, 0.3) is 0 Å². The summed E-state index contributed by atoms with van der Waals surface area (Å²) in [6.45, 7) is 7.73. The zero-order chi connectivity index (χ0) is 23.8. The van der Waals surface area contributed by atoms with Gasteiger partial charge < -0.3 is 9.47 Å². The molecule has 0 saturated carbocycles. The summed E-state index contributed by atoms with van der Waals surface area (Å²) >= 11 is 3.59. The molecule has 2 nitrogen and oxygen atoms in total. The minimum atomic E-state index is 0.802. The first-order valence-electron chi connectivity index (χ1n) is 12.5. The van der Waals surface area contributed by atoms with Crippen molar-refractivity contribution in [3.05, 3.63) is 79.2 Å². The van der Waals surface area contributed by atoms with Crippen LogP contribution in [-0.2, 0) is 22.3 Å². The smallest absolute Gasteiger partial charge is 0.0506 e. The lowest BCUT2D eigenvalue weighted by Crippen LogP contribution is -2.00. The fourth-order valence-electron chi connectivity index (χ4n) is 3.52. The highest BCUT2D eigenvalue weighted by molar-refractivity contribution is 7.11. The molecule has 0 fully saturated rings. The third-order valence-electron chi connectivity index (χ3n) is 5.67. The summed E-state index contributed by atoms with van der Waals surface area (Å²) in [7, 11) is 0. The lowest BCUT2D eigenvalue weighted by molar-refractivity contribution is 0.134. The Morgan fingerprint density at radius 2 is 1.03 bits per heavy atom. The summed E-state index contributed by atoms with van der Waals surface area (Å²) in [5.74, 6) is 0. The minimum absolute atomic E-state index is 0.802. The van der Waals surface area contributed by atoms with Crippen LogP contribution < -0.4 is 0 Å². The first kappa shape index (κ1) is 26.6. The summed E-state index contributed by atoms with van der Waals surface area (Å²) in [5, 5.41) is 4.34. The van der Waals surface area contributed by atoms with Crippen LogP contribution in [0.25, 0.3) is 24.3 Å². The Bertz CT molecular complexity index is 914. The lowest BCUT2D eigenvalue weighted by atomic mass is 10.1. The van der Waals surface area contributed by atoms with Gasteiger partial charge in [0.05, 0.1) is 13.2 Å². The van der Waals surface area contributed by atoms with Crippen LogP contribution in [0.4, 0.5) is 0 Å². The molecule has 0 amide bonds. The molecule has 0 aliphatic heterocycles. The van der Waals surface area contributed by atoms with E-state index in [1.807, 2.05) is 0 Å². The van der Waals surface area contributed by atoms with E-state index in [-0.39, 0.29) is 0 Å². The van der Waals surface area contributed by atoms with Crippen LogP contribution in [0.15, 0.2) is 47.2 Å².